The van der Waals surface area contributed by atoms with E-state index in [2.05, 4.69) is 37.9 Å². The minimum absolute atomic E-state index is 0.549. The van der Waals surface area contributed by atoms with E-state index >= 15 is 0 Å². The highest BCUT2D eigenvalue weighted by Crippen LogP contribution is 2.28. The van der Waals surface area contributed by atoms with Gasteiger partial charge >= 0.3 is 0 Å². The number of aromatic amines is 1. The Balaban J connectivity index is 2.74. The highest BCUT2D eigenvalue weighted by Gasteiger charge is 2.19. The Morgan fingerprint density at radius 3 is 1.90 bits per heavy atom. The van der Waals surface area contributed by atoms with Crippen molar-refractivity contribution in [2.75, 3.05) is 0 Å². The van der Waals surface area contributed by atoms with Crippen molar-refractivity contribution in [3.8, 4) is 0 Å². The van der Waals surface area contributed by atoms with Crippen LogP contribution >= 0.6 is 0 Å². The molecule has 0 saturated carbocycles. The van der Waals surface area contributed by atoms with Crippen LogP contribution in [0.2, 0.25) is 0 Å². The van der Waals surface area contributed by atoms with Gasteiger partial charge in [-0.15, -0.1) is 0 Å². The van der Waals surface area contributed by atoms with Crippen molar-refractivity contribution < 1.29 is 0 Å². The van der Waals surface area contributed by atoms with Crippen LogP contribution in [-0.2, 0) is 0 Å². The summed E-state index contributed by atoms with van der Waals surface area (Å²) in [7, 11) is 0. The fourth-order valence-electron chi connectivity index (χ4n) is 3.07. The minimum atomic E-state index is 0.549. The van der Waals surface area contributed by atoms with Crippen molar-refractivity contribution in [3.63, 3.8) is 0 Å². The number of H-pyrrole nitrogens is 1. The van der Waals surface area contributed by atoms with Gasteiger partial charge in [0.1, 0.15) is 5.82 Å². The lowest BCUT2D eigenvalue weighted by atomic mass is 9.95. The van der Waals surface area contributed by atoms with Gasteiger partial charge in [0.25, 0.3) is 0 Å². The van der Waals surface area contributed by atoms with Crippen LogP contribution in [0.5, 0.6) is 0 Å². The molecule has 0 aliphatic carbocycles. The third kappa shape index (κ3) is 6.19. The molecule has 3 heteroatoms. The Morgan fingerprint density at radius 2 is 1.33 bits per heavy atom. The monoisotopic (exact) mass is 293 g/mol. The summed E-state index contributed by atoms with van der Waals surface area (Å²) >= 11 is 0. The predicted molar refractivity (Wildman–Crippen MR) is 90.7 cm³/mol. The van der Waals surface area contributed by atoms with E-state index in [1.807, 2.05) is 0 Å². The van der Waals surface area contributed by atoms with Gasteiger partial charge in [-0.1, -0.05) is 66.2 Å². The van der Waals surface area contributed by atoms with Gasteiger partial charge in [-0.05, 0) is 25.7 Å². The summed E-state index contributed by atoms with van der Waals surface area (Å²) in [5, 5.41) is 7.82. The Labute approximate surface area is 131 Å². The van der Waals surface area contributed by atoms with Crippen LogP contribution in [-0.4, -0.2) is 15.2 Å². The van der Waals surface area contributed by atoms with Gasteiger partial charge in [-0.25, -0.2) is 4.98 Å². The van der Waals surface area contributed by atoms with Crippen molar-refractivity contribution in [1.29, 1.82) is 0 Å². The van der Waals surface area contributed by atoms with E-state index in [1.54, 1.807) is 0 Å². The maximum absolute atomic E-state index is 4.89. The lowest BCUT2D eigenvalue weighted by Gasteiger charge is -2.13. The van der Waals surface area contributed by atoms with E-state index in [0.29, 0.717) is 11.8 Å². The molecule has 0 bridgehead atoms. The van der Waals surface area contributed by atoms with Gasteiger partial charge in [0, 0.05) is 11.8 Å². The standard InChI is InChI=1S/C18H35N3/c1-5-9-13-15(11-7-3)17-19-18(21-20-17)16(12-8-4)14-10-6-2/h15-16H,5-14H2,1-4H3,(H,19,20,21). The van der Waals surface area contributed by atoms with Gasteiger partial charge in [-0.2, -0.15) is 5.10 Å². The molecule has 0 aliphatic heterocycles. The third-order valence-electron chi connectivity index (χ3n) is 4.36. The summed E-state index contributed by atoms with van der Waals surface area (Å²) in [6, 6.07) is 0. The van der Waals surface area contributed by atoms with Crippen LogP contribution in [0.15, 0.2) is 0 Å². The Kier molecular flexibility index (Phi) is 9.36. The second-order valence-corrected chi connectivity index (χ2v) is 6.33. The molecule has 2 atom stereocenters. The van der Waals surface area contributed by atoms with E-state index in [1.165, 1.54) is 64.2 Å². The van der Waals surface area contributed by atoms with Crippen LogP contribution < -0.4 is 0 Å². The van der Waals surface area contributed by atoms with Crippen LogP contribution in [0.3, 0.4) is 0 Å². The summed E-state index contributed by atoms with van der Waals surface area (Å²) < 4.78 is 0. The van der Waals surface area contributed by atoms with Crippen molar-refractivity contribution >= 4 is 0 Å². The fourth-order valence-corrected chi connectivity index (χ4v) is 3.07. The second kappa shape index (κ2) is 10.8. The number of hydrogen-bond donors (Lipinski definition) is 1. The molecule has 122 valence electrons. The molecule has 0 fully saturated rings. The first-order chi connectivity index (χ1) is 10.3. The average molecular weight is 293 g/mol. The van der Waals surface area contributed by atoms with Gasteiger partial charge in [-0.3, -0.25) is 5.10 Å². The summed E-state index contributed by atoms with van der Waals surface area (Å²) in [4.78, 5) is 4.89. The van der Waals surface area contributed by atoms with E-state index in [9.17, 15) is 0 Å². The van der Waals surface area contributed by atoms with E-state index in [-0.39, 0.29) is 0 Å². The number of aromatic nitrogens is 3. The molecule has 1 aromatic heterocycles. The van der Waals surface area contributed by atoms with E-state index in [0.717, 1.165) is 11.6 Å². The lowest BCUT2D eigenvalue weighted by molar-refractivity contribution is 0.509. The zero-order chi connectivity index (χ0) is 15.5. The molecule has 0 aromatic carbocycles. The molecular formula is C18H35N3. The molecule has 2 unspecified atom stereocenters. The number of nitrogens with zero attached hydrogens (tertiary/aromatic N) is 2. The van der Waals surface area contributed by atoms with Crippen LogP contribution in [0.4, 0.5) is 0 Å². The average Bonchev–Trinajstić information content (AvgIpc) is 2.97. The summed E-state index contributed by atoms with van der Waals surface area (Å²) in [5.41, 5.74) is 0. The van der Waals surface area contributed by atoms with E-state index in [4.69, 9.17) is 4.98 Å². The lowest BCUT2D eigenvalue weighted by Crippen LogP contribution is -2.03. The Morgan fingerprint density at radius 1 is 0.762 bits per heavy atom. The Bertz CT molecular complexity index is 327. The summed E-state index contributed by atoms with van der Waals surface area (Å²) in [6.07, 6.45) is 12.4. The third-order valence-corrected chi connectivity index (χ3v) is 4.36. The maximum atomic E-state index is 4.89. The molecule has 21 heavy (non-hydrogen) atoms. The molecule has 1 heterocycles. The molecule has 0 saturated heterocycles. The van der Waals surface area contributed by atoms with Crippen LogP contribution in [0, 0.1) is 0 Å². The minimum Gasteiger partial charge on any atom is -0.263 e. The zero-order valence-corrected chi connectivity index (χ0v) is 14.6. The molecular weight excluding hydrogens is 258 g/mol. The smallest absolute Gasteiger partial charge is 0.153 e. The molecule has 0 spiro atoms. The fraction of sp³-hybridized carbons (Fsp3) is 0.889. The SMILES string of the molecule is CCCCC(CCC)c1n[nH]c(C(CCC)CCCC)n1. The van der Waals surface area contributed by atoms with Crippen LogP contribution in [0.25, 0.3) is 0 Å². The van der Waals surface area contributed by atoms with Gasteiger partial charge in [0.2, 0.25) is 0 Å². The summed E-state index contributed by atoms with van der Waals surface area (Å²) in [6.45, 7) is 9.04. The first-order valence-corrected chi connectivity index (χ1v) is 9.18. The van der Waals surface area contributed by atoms with Crippen molar-refractivity contribution in [1.82, 2.24) is 15.2 Å². The predicted octanol–water partition coefficient (Wildman–Crippen LogP) is 5.95. The molecule has 1 N–H and O–H groups in total. The first kappa shape index (κ1) is 18.2. The second-order valence-electron chi connectivity index (χ2n) is 6.33. The number of hydrogen-bond acceptors (Lipinski definition) is 2. The molecule has 0 aliphatic rings. The van der Waals surface area contributed by atoms with Crippen molar-refractivity contribution in [2.24, 2.45) is 0 Å². The topological polar surface area (TPSA) is 41.6 Å². The highest BCUT2D eigenvalue weighted by molar-refractivity contribution is 5.02. The molecule has 3 nitrogen and oxygen atoms in total. The zero-order valence-electron chi connectivity index (χ0n) is 14.6. The first-order valence-electron chi connectivity index (χ1n) is 9.18. The van der Waals surface area contributed by atoms with Crippen LogP contribution in [0.1, 0.15) is 115 Å². The largest absolute Gasteiger partial charge is 0.263 e. The normalized spacial score (nSPS) is 14.3. The van der Waals surface area contributed by atoms with E-state index < -0.39 is 0 Å². The highest BCUT2D eigenvalue weighted by atomic mass is 15.2. The number of rotatable bonds is 12. The van der Waals surface area contributed by atoms with Gasteiger partial charge in [0.05, 0.1) is 0 Å². The molecule has 1 rings (SSSR count). The molecule has 0 radical (unpaired) electrons. The quantitative estimate of drug-likeness (QED) is 0.517. The van der Waals surface area contributed by atoms with Gasteiger partial charge < -0.3 is 0 Å². The number of unbranched alkanes of at least 4 members (excludes halogenated alkanes) is 2. The summed E-state index contributed by atoms with van der Waals surface area (Å²) in [5.74, 6) is 3.33. The molecule has 1 aromatic rings. The molecule has 0 amide bonds. The number of nitrogens with one attached hydrogen (secondary N) is 1. The Hall–Kier alpha value is -0.860. The van der Waals surface area contributed by atoms with Gasteiger partial charge in [0.15, 0.2) is 5.82 Å². The van der Waals surface area contributed by atoms with Crippen molar-refractivity contribution in [2.45, 2.75) is 104 Å². The maximum Gasteiger partial charge on any atom is 0.153 e. The van der Waals surface area contributed by atoms with Crippen molar-refractivity contribution in [3.05, 3.63) is 11.6 Å².